The van der Waals surface area contributed by atoms with Gasteiger partial charge < -0.3 is 14.4 Å². The van der Waals surface area contributed by atoms with Gasteiger partial charge in [0.1, 0.15) is 0 Å². The SMILES string of the molecule is COC(=O)C(C)CN(C)CCN1CCOCC1. The second kappa shape index (κ2) is 7.63. The fourth-order valence-corrected chi connectivity index (χ4v) is 1.97. The molecule has 1 aliphatic rings. The molecule has 1 heterocycles. The molecule has 1 fully saturated rings. The minimum absolute atomic E-state index is 0.0605. The zero-order valence-electron chi connectivity index (χ0n) is 11.1. The highest BCUT2D eigenvalue weighted by Crippen LogP contribution is 2.02. The van der Waals surface area contributed by atoms with Gasteiger partial charge in [-0.25, -0.2) is 0 Å². The first-order chi connectivity index (χ1) is 8.13. The molecule has 1 saturated heterocycles. The van der Waals surface area contributed by atoms with Gasteiger partial charge in [-0.3, -0.25) is 9.69 Å². The molecular weight excluding hydrogens is 220 g/mol. The highest BCUT2D eigenvalue weighted by molar-refractivity contribution is 5.71. The summed E-state index contributed by atoms with van der Waals surface area (Å²) < 4.78 is 10.0. The fraction of sp³-hybridized carbons (Fsp3) is 0.917. The summed E-state index contributed by atoms with van der Waals surface area (Å²) in [6, 6.07) is 0. The van der Waals surface area contributed by atoms with Crippen molar-refractivity contribution in [2.75, 3.05) is 60.1 Å². The first-order valence-corrected chi connectivity index (χ1v) is 6.20. The Hall–Kier alpha value is -0.650. The van der Waals surface area contributed by atoms with Crippen LogP contribution >= 0.6 is 0 Å². The molecule has 1 aliphatic heterocycles. The number of morpholine rings is 1. The predicted octanol–water partition coefficient (Wildman–Crippen LogP) is 0.0595. The number of rotatable bonds is 6. The summed E-state index contributed by atoms with van der Waals surface area (Å²) in [5.41, 5.74) is 0. The van der Waals surface area contributed by atoms with Crippen LogP contribution in [0, 0.1) is 5.92 Å². The van der Waals surface area contributed by atoms with Crippen molar-refractivity contribution in [1.82, 2.24) is 9.80 Å². The van der Waals surface area contributed by atoms with Crippen LogP contribution in [0.4, 0.5) is 0 Å². The van der Waals surface area contributed by atoms with E-state index in [1.807, 2.05) is 14.0 Å². The van der Waals surface area contributed by atoms with Gasteiger partial charge in [0, 0.05) is 32.7 Å². The molecule has 0 bridgehead atoms. The lowest BCUT2D eigenvalue weighted by atomic mass is 10.2. The Bertz CT molecular complexity index is 230. The van der Waals surface area contributed by atoms with Gasteiger partial charge in [0.25, 0.3) is 0 Å². The summed E-state index contributed by atoms with van der Waals surface area (Å²) in [5, 5.41) is 0. The molecule has 0 N–H and O–H groups in total. The van der Waals surface area contributed by atoms with E-state index in [2.05, 4.69) is 9.80 Å². The van der Waals surface area contributed by atoms with E-state index >= 15 is 0 Å². The molecule has 5 heteroatoms. The molecule has 0 aliphatic carbocycles. The first kappa shape index (κ1) is 14.4. The third-order valence-corrected chi connectivity index (χ3v) is 3.09. The van der Waals surface area contributed by atoms with Crippen molar-refractivity contribution in [2.45, 2.75) is 6.92 Å². The van der Waals surface area contributed by atoms with Crippen LogP contribution in [0.1, 0.15) is 6.92 Å². The number of carbonyl (C=O) groups excluding carboxylic acids is 1. The molecule has 0 aromatic heterocycles. The average molecular weight is 244 g/mol. The molecule has 0 spiro atoms. The van der Waals surface area contributed by atoms with E-state index in [9.17, 15) is 4.79 Å². The van der Waals surface area contributed by atoms with E-state index in [1.165, 1.54) is 7.11 Å². The molecule has 1 atom stereocenters. The Morgan fingerprint density at radius 1 is 1.47 bits per heavy atom. The maximum Gasteiger partial charge on any atom is 0.309 e. The van der Waals surface area contributed by atoms with Crippen LogP contribution in [0.25, 0.3) is 0 Å². The topological polar surface area (TPSA) is 42.0 Å². The molecule has 17 heavy (non-hydrogen) atoms. The van der Waals surface area contributed by atoms with Crippen molar-refractivity contribution in [3.05, 3.63) is 0 Å². The third kappa shape index (κ3) is 5.48. The fourth-order valence-electron chi connectivity index (χ4n) is 1.97. The molecular formula is C12H24N2O3. The molecule has 0 aromatic carbocycles. The van der Waals surface area contributed by atoms with E-state index in [1.54, 1.807) is 0 Å². The Labute approximate surface area is 104 Å². The largest absolute Gasteiger partial charge is 0.469 e. The van der Waals surface area contributed by atoms with Crippen LogP contribution in [0.3, 0.4) is 0 Å². The van der Waals surface area contributed by atoms with Crippen molar-refractivity contribution in [3.63, 3.8) is 0 Å². The minimum Gasteiger partial charge on any atom is -0.469 e. The molecule has 5 nitrogen and oxygen atoms in total. The maximum absolute atomic E-state index is 11.3. The van der Waals surface area contributed by atoms with E-state index in [0.29, 0.717) is 0 Å². The van der Waals surface area contributed by atoms with Gasteiger partial charge in [0.15, 0.2) is 0 Å². The number of esters is 1. The lowest BCUT2D eigenvalue weighted by Crippen LogP contribution is -2.41. The van der Waals surface area contributed by atoms with E-state index in [-0.39, 0.29) is 11.9 Å². The van der Waals surface area contributed by atoms with Crippen molar-refractivity contribution in [3.8, 4) is 0 Å². The second-order valence-corrected chi connectivity index (χ2v) is 4.64. The quantitative estimate of drug-likeness (QED) is 0.618. The van der Waals surface area contributed by atoms with E-state index in [4.69, 9.17) is 9.47 Å². The standard InChI is InChI=1S/C12H24N2O3/c1-11(12(15)16-3)10-13(2)4-5-14-6-8-17-9-7-14/h11H,4-10H2,1-3H3. The third-order valence-electron chi connectivity index (χ3n) is 3.09. The summed E-state index contributed by atoms with van der Waals surface area (Å²) in [5.74, 6) is -0.196. The number of hydrogen-bond acceptors (Lipinski definition) is 5. The number of likely N-dealkylation sites (N-methyl/N-ethyl adjacent to an activating group) is 1. The van der Waals surface area contributed by atoms with Crippen molar-refractivity contribution < 1.29 is 14.3 Å². The molecule has 0 radical (unpaired) electrons. The summed E-state index contributed by atoms with van der Waals surface area (Å²) in [6.45, 7) is 8.36. The number of nitrogens with zero attached hydrogens (tertiary/aromatic N) is 2. The van der Waals surface area contributed by atoms with E-state index < -0.39 is 0 Å². The number of ether oxygens (including phenoxy) is 2. The maximum atomic E-state index is 11.3. The monoisotopic (exact) mass is 244 g/mol. The second-order valence-electron chi connectivity index (χ2n) is 4.64. The summed E-state index contributed by atoms with van der Waals surface area (Å²) in [6.07, 6.45) is 0. The summed E-state index contributed by atoms with van der Waals surface area (Å²) >= 11 is 0. The van der Waals surface area contributed by atoms with Gasteiger partial charge in [0.2, 0.25) is 0 Å². The van der Waals surface area contributed by atoms with Crippen molar-refractivity contribution in [1.29, 1.82) is 0 Å². The number of carbonyl (C=O) groups is 1. The van der Waals surface area contributed by atoms with Gasteiger partial charge >= 0.3 is 5.97 Å². The number of hydrogen-bond donors (Lipinski definition) is 0. The van der Waals surface area contributed by atoms with Crippen molar-refractivity contribution in [2.24, 2.45) is 5.92 Å². The highest BCUT2D eigenvalue weighted by atomic mass is 16.5. The Balaban J connectivity index is 2.15. The molecule has 100 valence electrons. The van der Waals surface area contributed by atoms with Crippen LogP contribution < -0.4 is 0 Å². The summed E-state index contributed by atoms with van der Waals surface area (Å²) in [7, 11) is 3.48. The minimum atomic E-state index is -0.136. The molecule has 0 amide bonds. The lowest BCUT2D eigenvalue weighted by Gasteiger charge is -2.29. The zero-order chi connectivity index (χ0) is 12.7. The van der Waals surface area contributed by atoms with Crippen LogP contribution in [0.5, 0.6) is 0 Å². The van der Waals surface area contributed by atoms with Crippen molar-refractivity contribution >= 4 is 5.97 Å². The van der Waals surface area contributed by atoms with Gasteiger partial charge in [-0.15, -0.1) is 0 Å². The predicted molar refractivity (Wildman–Crippen MR) is 65.9 cm³/mol. The Morgan fingerprint density at radius 3 is 2.71 bits per heavy atom. The zero-order valence-corrected chi connectivity index (χ0v) is 11.1. The molecule has 0 saturated carbocycles. The number of methoxy groups -OCH3 is 1. The lowest BCUT2D eigenvalue weighted by molar-refractivity contribution is -0.145. The smallest absolute Gasteiger partial charge is 0.309 e. The van der Waals surface area contributed by atoms with E-state index in [0.717, 1.165) is 45.9 Å². The average Bonchev–Trinajstić information content (AvgIpc) is 2.36. The highest BCUT2D eigenvalue weighted by Gasteiger charge is 2.16. The van der Waals surface area contributed by atoms with Gasteiger partial charge in [-0.2, -0.15) is 0 Å². The first-order valence-electron chi connectivity index (χ1n) is 6.20. The van der Waals surface area contributed by atoms with Crippen LogP contribution in [-0.4, -0.2) is 75.9 Å². The normalized spacial score (nSPS) is 19.3. The van der Waals surface area contributed by atoms with Gasteiger partial charge in [0.05, 0.1) is 26.2 Å². The van der Waals surface area contributed by atoms with Crippen LogP contribution in [0.2, 0.25) is 0 Å². The molecule has 0 aromatic rings. The Morgan fingerprint density at radius 2 is 2.12 bits per heavy atom. The summed E-state index contributed by atoms with van der Waals surface area (Å²) in [4.78, 5) is 15.8. The van der Waals surface area contributed by atoms with Crippen LogP contribution in [-0.2, 0) is 14.3 Å². The van der Waals surface area contributed by atoms with Gasteiger partial charge in [-0.05, 0) is 7.05 Å². The molecule has 1 rings (SSSR count). The Kier molecular flexibility index (Phi) is 6.47. The molecule has 1 unspecified atom stereocenters. The van der Waals surface area contributed by atoms with Gasteiger partial charge in [-0.1, -0.05) is 6.92 Å². The van der Waals surface area contributed by atoms with Crippen LogP contribution in [0.15, 0.2) is 0 Å².